The number of rotatable bonds is 4. The van der Waals surface area contributed by atoms with E-state index in [1.54, 1.807) is 0 Å². The SMILES string of the molecule is CC1C(=O)OC2C1CC(O)C1(C)C=CC=C(COC3OC(CO)C(O)C(O)C3O)C21. The Morgan fingerprint density at radius 2 is 1.93 bits per heavy atom. The van der Waals surface area contributed by atoms with Crippen LogP contribution < -0.4 is 0 Å². The molecule has 9 heteroatoms. The summed E-state index contributed by atoms with van der Waals surface area (Å²) in [5.74, 6) is -0.985. The van der Waals surface area contributed by atoms with Gasteiger partial charge in [-0.15, -0.1) is 0 Å². The number of fused-ring (bicyclic) bond motifs is 3. The van der Waals surface area contributed by atoms with Gasteiger partial charge in [-0.1, -0.05) is 32.1 Å². The molecule has 5 N–H and O–H groups in total. The Kier molecular flexibility index (Phi) is 5.82. The molecule has 3 fully saturated rings. The van der Waals surface area contributed by atoms with Gasteiger partial charge in [0.1, 0.15) is 30.5 Å². The molecule has 0 spiro atoms. The lowest BCUT2D eigenvalue weighted by Crippen LogP contribution is -2.59. The van der Waals surface area contributed by atoms with Crippen LogP contribution in [0.5, 0.6) is 0 Å². The van der Waals surface area contributed by atoms with Gasteiger partial charge >= 0.3 is 5.97 Å². The lowest BCUT2D eigenvalue weighted by Gasteiger charge is -2.50. The molecule has 0 amide bonds. The number of ether oxygens (including phenoxy) is 3. The first kappa shape index (κ1) is 21.9. The predicted molar refractivity (Wildman–Crippen MR) is 102 cm³/mol. The van der Waals surface area contributed by atoms with Crippen LogP contribution in [0, 0.1) is 23.2 Å². The number of carbonyl (C=O) groups excluding carboxylic acids is 1. The molecule has 4 aliphatic rings. The number of hydrogen-bond donors (Lipinski definition) is 5. The Morgan fingerprint density at radius 1 is 1.20 bits per heavy atom. The van der Waals surface area contributed by atoms with E-state index in [1.165, 1.54) is 0 Å². The molecule has 0 aromatic carbocycles. The maximum Gasteiger partial charge on any atom is 0.309 e. The quantitative estimate of drug-likeness (QED) is 0.352. The Hall–Kier alpha value is -1.33. The fourth-order valence-electron chi connectivity index (χ4n) is 5.34. The summed E-state index contributed by atoms with van der Waals surface area (Å²) in [6.07, 6.45) is -1.80. The second-order valence-corrected chi connectivity index (χ2v) is 9.06. The van der Waals surface area contributed by atoms with Crippen molar-refractivity contribution in [1.82, 2.24) is 0 Å². The van der Waals surface area contributed by atoms with Gasteiger partial charge in [0.2, 0.25) is 0 Å². The Morgan fingerprint density at radius 3 is 2.63 bits per heavy atom. The van der Waals surface area contributed by atoms with Gasteiger partial charge in [-0.2, -0.15) is 0 Å². The molecule has 1 saturated carbocycles. The lowest BCUT2D eigenvalue weighted by molar-refractivity contribution is -0.299. The number of aliphatic hydroxyl groups excluding tert-OH is 5. The van der Waals surface area contributed by atoms with Crippen LogP contribution >= 0.6 is 0 Å². The zero-order valence-electron chi connectivity index (χ0n) is 17.0. The first-order valence-electron chi connectivity index (χ1n) is 10.4. The molecule has 4 rings (SSSR count). The minimum atomic E-state index is -1.52. The molecule has 0 aromatic rings. The maximum absolute atomic E-state index is 12.2. The smallest absolute Gasteiger partial charge is 0.309 e. The molecule has 2 heterocycles. The van der Waals surface area contributed by atoms with Crippen LogP contribution in [0.3, 0.4) is 0 Å². The molecule has 2 aliphatic heterocycles. The van der Waals surface area contributed by atoms with E-state index in [-0.39, 0.29) is 30.3 Å². The van der Waals surface area contributed by atoms with E-state index in [4.69, 9.17) is 14.2 Å². The van der Waals surface area contributed by atoms with Crippen LogP contribution in [-0.2, 0) is 19.0 Å². The van der Waals surface area contributed by atoms with E-state index in [1.807, 2.05) is 32.1 Å². The highest BCUT2D eigenvalue weighted by Gasteiger charge is 2.59. The van der Waals surface area contributed by atoms with Crippen molar-refractivity contribution in [2.75, 3.05) is 13.2 Å². The van der Waals surface area contributed by atoms with E-state index < -0.39 is 54.9 Å². The fraction of sp³-hybridized carbons (Fsp3) is 0.762. The van der Waals surface area contributed by atoms with Crippen molar-refractivity contribution in [2.24, 2.45) is 23.2 Å². The third-order valence-corrected chi connectivity index (χ3v) is 7.33. The molecular formula is C21H30O9. The summed E-state index contributed by atoms with van der Waals surface area (Å²) in [6.45, 7) is 3.19. The summed E-state index contributed by atoms with van der Waals surface area (Å²) >= 11 is 0. The number of aliphatic hydroxyl groups is 5. The van der Waals surface area contributed by atoms with Gasteiger partial charge in [0.15, 0.2) is 6.29 Å². The lowest BCUT2D eigenvalue weighted by atomic mass is 9.56. The molecule has 11 unspecified atom stereocenters. The van der Waals surface area contributed by atoms with Gasteiger partial charge in [0.05, 0.1) is 25.2 Å². The van der Waals surface area contributed by atoms with E-state index in [0.717, 1.165) is 5.57 Å². The van der Waals surface area contributed by atoms with Gasteiger partial charge in [-0.3, -0.25) is 4.79 Å². The highest BCUT2D eigenvalue weighted by molar-refractivity contribution is 5.75. The number of esters is 1. The molecule has 2 saturated heterocycles. The molecule has 30 heavy (non-hydrogen) atoms. The van der Waals surface area contributed by atoms with Crippen LogP contribution in [0.2, 0.25) is 0 Å². The van der Waals surface area contributed by atoms with E-state index in [2.05, 4.69) is 0 Å². The summed E-state index contributed by atoms with van der Waals surface area (Å²) in [7, 11) is 0. The first-order chi connectivity index (χ1) is 14.2. The summed E-state index contributed by atoms with van der Waals surface area (Å²) in [5, 5.41) is 50.3. The zero-order chi connectivity index (χ0) is 21.8. The topological polar surface area (TPSA) is 146 Å². The monoisotopic (exact) mass is 426 g/mol. The van der Waals surface area contributed by atoms with E-state index in [0.29, 0.717) is 6.42 Å². The summed E-state index contributed by atoms with van der Waals surface area (Å²) < 4.78 is 16.9. The largest absolute Gasteiger partial charge is 0.461 e. The van der Waals surface area contributed by atoms with Crippen LogP contribution in [0.15, 0.2) is 23.8 Å². The van der Waals surface area contributed by atoms with Crippen molar-refractivity contribution in [3.8, 4) is 0 Å². The molecule has 0 aromatic heterocycles. The second kappa shape index (κ2) is 7.98. The first-order valence-corrected chi connectivity index (χ1v) is 10.4. The highest BCUT2D eigenvalue weighted by Crippen LogP contribution is 2.54. The minimum absolute atomic E-state index is 0.00480. The van der Waals surface area contributed by atoms with Gasteiger partial charge in [-0.25, -0.2) is 0 Å². The maximum atomic E-state index is 12.2. The average Bonchev–Trinajstić information content (AvgIpc) is 2.99. The minimum Gasteiger partial charge on any atom is -0.461 e. The third-order valence-electron chi connectivity index (χ3n) is 7.33. The summed E-state index contributed by atoms with van der Waals surface area (Å²) in [5.41, 5.74) is 0.126. The van der Waals surface area contributed by atoms with E-state index in [9.17, 15) is 30.3 Å². The second-order valence-electron chi connectivity index (χ2n) is 9.06. The molecule has 168 valence electrons. The van der Waals surface area contributed by atoms with Crippen molar-refractivity contribution < 1.29 is 44.5 Å². The number of carbonyl (C=O) groups is 1. The highest BCUT2D eigenvalue weighted by atomic mass is 16.7. The molecule has 0 bridgehead atoms. The number of hydrogen-bond acceptors (Lipinski definition) is 9. The van der Waals surface area contributed by atoms with Gasteiger partial charge in [0, 0.05) is 17.3 Å². The third kappa shape index (κ3) is 3.33. The Balaban J connectivity index is 1.53. The van der Waals surface area contributed by atoms with Crippen LogP contribution in [0.1, 0.15) is 20.3 Å². The fourth-order valence-corrected chi connectivity index (χ4v) is 5.34. The van der Waals surface area contributed by atoms with Crippen LogP contribution in [-0.4, -0.2) is 87.6 Å². The number of allylic oxidation sites excluding steroid dienone is 2. The van der Waals surface area contributed by atoms with Crippen molar-refractivity contribution in [1.29, 1.82) is 0 Å². The van der Waals surface area contributed by atoms with Crippen molar-refractivity contribution in [3.63, 3.8) is 0 Å². The normalized spacial score (nSPS) is 50.5. The van der Waals surface area contributed by atoms with Gasteiger partial charge in [0.25, 0.3) is 0 Å². The summed E-state index contributed by atoms with van der Waals surface area (Å²) in [4.78, 5) is 12.2. The molecule has 0 radical (unpaired) electrons. The molecule has 9 nitrogen and oxygen atoms in total. The van der Waals surface area contributed by atoms with Crippen LogP contribution in [0.25, 0.3) is 0 Å². The van der Waals surface area contributed by atoms with Crippen molar-refractivity contribution in [3.05, 3.63) is 23.8 Å². The zero-order valence-corrected chi connectivity index (χ0v) is 17.0. The predicted octanol–water partition coefficient (Wildman–Crippen LogP) is -1.14. The molecule has 2 aliphatic carbocycles. The standard InChI is InChI=1S/C21H30O9/c1-9-11-6-13(23)21(2)5-3-4-10(14(21)18(11)30-19(9)27)8-28-20-17(26)16(25)15(24)12(7-22)29-20/h3-5,9,11-18,20,22-26H,6-8H2,1-2H3. The molecule has 11 atom stereocenters. The van der Waals surface area contributed by atoms with Crippen molar-refractivity contribution in [2.45, 2.75) is 63.2 Å². The van der Waals surface area contributed by atoms with Gasteiger partial charge < -0.3 is 39.7 Å². The Labute approximate surface area is 174 Å². The van der Waals surface area contributed by atoms with Crippen LogP contribution in [0.4, 0.5) is 0 Å². The summed E-state index contributed by atoms with van der Waals surface area (Å²) in [6, 6.07) is 0. The molecular weight excluding hydrogens is 396 g/mol. The Bertz CT molecular complexity index is 734. The average molecular weight is 426 g/mol. The van der Waals surface area contributed by atoms with Gasteiger partial charge in [-0.05, 0) is 12.0 Å². The van der Waals surface area contributed by atoms with Crippen molar-refractivity contribution >= 4 is 5.97 Å². The van der Waals surface area contributed by atoms with E-state index >= 15 is 0 Å².